The van der Waals surface area contributed by atoms with Gasteiger partial charge >= 0.3 is 0 Å². The molecule has 150 valence electrons. The number of rotatable bonds is 7. The Balaban J connectivity index is 1.37. The van der Waals surface area contributed by atoms with Gasteiger partial charge in [0.25, 0.3) is 0 Å². The molecule has 1 saturated heterocycles. The van der Waals surface area contributed by atoms with E-state index >= 15 is 0 Å². The smallest absolute Gasteiger partial charge is 0.238 e. The molecule has 1 aliphatic heterocycles. The standard InChI is InChI=1S/C20H25FN4O3/c1-15(18-6-3-11-28-18)22-19(26)13-24-7-9-25(10-8-24)14-20(27)23-17-5-2-4-16(21)12-17/h2-6,11-12,15H,7-10,13-14H2,1H3,(H,22,26)(H,23,27)/t15-/m0/s1. The molecule has 2 amide bonds. The molecule has 2 aromatic rings. The van der Waals surface area contributed by atoms with E-state index in [0.29, 0.717) is 38.4 Å². The minimum absolute atomic E-state index is 0.0544. The number of hydrogen-bond acceptors (Lipinski definition) is 5. The number of benzene rings is 1. The number of nitrogens with one attached hydrogen (secondary N) is 2. The highest BCUT2D eigenvalue weighted by atomic mass is 19.1. The van der Waals surface area contributed by atoms with E-state index in [2.05, 4.69) is 15.5 Å². The molecule has 7 nitrogen and oxygen atoms in total. The number of furan rings is 1. The summed E-state index contributed by atoms with van der Waals surface area (Å²) in [5, 5.41) is 5.62. The minimum Gasteiger partial charge on any atom is -0.467 e. The monoisotopic (exact) mass is 388 g/mol. The summed E-state index contributed by atoms with van der Waals surface area (Å²) in [4.78, 5) is 28.4. The first-order valence-corrected chi connectivity index (χ1v) is 9.32. The van der Waals surface area contributed by atoms with E-state index < -0.39 is 0 Å². The topological polar surface area (TPSA) is 77.8 Å². The molecule has 8 heteroatoms. The second kappa shape index (κ2) is 9.48. The van der Waals surface area contributed by atoms with E-state index in [1.807, 2.05) is 17.9 Å². The molecule has 1 atom stereocenters. The average Bonchev–Trinajstić information content (AvgIpc) is 3.18. The largest absolute Gasteiger partial charge is 0.467 e. The van der Waals surface area contributed by atoms with Crippen molar-refractivity contribution in [2.24, 2.45) is 0 Å². The second-order valence-corrected chi connectivity index (χ2v) is 6.92. The Morgan fingerprint density at radius 2 is 1.75 bits per heavy atom. The molecule has 0 aliphatic carbocycles. The van der Waals surface area contributed by atoms with Gasteiger partial charge in [-0.15, -0.1) is 0 Å². The quantitative estimate of drug-likeness (QED) is 0.757. The molecular weight excluding hydrogens is 363 g/mol. The molecule has 1 fully saturated rings. The third-order valence-electron chi connectivity index (χ3n) is 4.66. The Bertz CT molecular complexity index is 789. The van der Waals surface area contributed by atoms with Crippen molar-refractivity contribution in [1.29, 1.82) is 0 Å². The van der Waals surface area contributed by atoms with Crippen molar-refractivity contribution < 1.29 is 18.4 Å². The Labute approximate surface area is 163 Å². The van der Waals surface area contributed by atoms with Gasteiger partial charge < -0.3 is 15.1 Å². The summed E-state index contributed by atoms with van der Waals surface area (Å²) in [6.45, 7) is 5.23. The first kappa shape index (κ1) is 20.0. The molecule has 3 rings (SSSR count). The molecule has 28 heavy (non-hydrogen) atoms. The van der Waals surface area contributed by atoms with E-state index in [1.54, 1.807) is 24.5 Å². The SMILES string of the molecule is C[C@H](NC(=O)CN1CCN(CC(=O)Nc2cccc(F)c2)CC1)c1ccco1. The van der Waals surface area contributed by atoms with Crippen molar-refractivity contribution in [1.82, 2.24) is 15.1 Å². The van der Waals surface area contributed by atoms with Crippen LogP contribution in [0.1, 0.15) is 18.7 Å². The lowest BCUT2D eigenvalue weighted by atomic mass is 10.2. The summed E-state index contributed by atoms with van der Waals surface area (Å²) in [6.07, 6.45) is 1.58. The summed E-state index contributed by atoms with van der Waals surface area (Å²) < 4.78 is 18.5. The van der Waals surface area contributed by atoms with Crippen molar-refractivity contribution in [3.63, 3.8) is 0 Å². The third-order valence-corrected chi connectivity index (χ3v) is 4.66. The molecule has 0 spiro atoms. The molecule has 1 aliphatic rings. The summed E-state index contributed by atoms with van der Waals surface area (Å²) in [7, 11) is 0. The Hall–Kier alpha value is -2.71. The van der Waals surface area contributed by atoms with Crippen LogP contribution in [0.25, 0.3) is 0 Å². The van der Waals surface area contributed by atoms with E-state index in [4.69, 9.17) is 4.42 Å². The second-order valence-electron chi connectivity index (χ2n) is 6.92. The van der Waals surface area contributed by atoms with Gasteiger partial charge in [-0.2, -0.15) is 0 Å². The number of nitrogens with zero attached hydrogens (tertiary/aromatic N) is 2. The normalized spacial score (nSPS) is 16.5. The van der Waals surface area contributed by atoms with Crippen molar-refractivity contribution in [2.75, 3.05) is 44.6 Å². The van der Waals surface area contributed by atoms with E-state index in [-0.39, 0.29) is 30.2 Å². The fourth-order valence-corrected chi connectivity index (χ4v) is 3.17. The summed E-state index contributed by atoms with van der Waals surface area (Å²) in [6, 6.07) is 9.29. The van der Waals surface area contributed by atoms with Gasteiger partial charge in [0.15, 0.2) is 0 Å². The number of carbonyl (C=O) groups excluding carboxylic acids is 2. The predicted molar refractivity (Wildman–Crippen MR) is 103 cm³/mol. The number of piperazine rings is 1. The number of carbonyl (C=O) groups is 2. The van der Waals surface area contributed by atoms with Crippen molar-refractivity contribution in [3.05, 3.63) is 54.2 Å². The number of halogens is 1. The molecule has 1 aromatic carbocycles. The predicted octanol–water partition coefficient (Wildman–Crippen LogP) is 1.85. The Kier molecular flexibility index (Phi) is 6.78. The maximum Gasteiger partial charge on any atom is 0.238 e. The Morgan fingerprint density at radius 3 is 2.36 bits per heavy atom. The number of hydrogen-bond donors (Lipinski definition) is 2. The lowest BCUT2D eigenvalue weighted by Crippen LogP contribution is -2.51. The molecule has 0 radical (unpaired) electrons. The van der Waals surface area contributed by atoms with Crippen LogP contribution in [-0.2, 0) is 9.59 Å². The van der Waals surface area contributed by atoms with Gasteiger partial charge in [-0.3, -0.25) is 19.4 Å². The van der Waals surface area contributed by atoms with Gasteiger partial charge in [-0.1, -0.05) is 6.07 Å². The van der Waals surface area contributed by atoms with Gasteiger partial charge in [-0.05, 0) is 37.3 Å². The highest BCUT2D eigenvalue weighted by molar-refractivity contribution is 5.92. The van der Waals surface area contributed by atoms with Crippen LogP contribution < -0.4 is 10.6 Å². The van der Waals surface area contributed by atoms with Crippen LogP contribution in [0.4, 0.5) is 10.1 Å². The maximum atomic E-state index is 13.2. The van der Waals surface area contributed by atoms with Crippen LogP contribution in [0.15, 0.2) is 47.1 Å². The van der Waals surface area contributed by atoms with Gasteiger partial charge in [0.2, 0.25) is 11.8 Å². The van der Waals surface area contributed by atoms with Crippen molar-refractivity contribution >= 4 is 17.5 Å². The fourth-order valence-electron chi connectivity index (χ4n) is 3.17. The van der Waals surface area contributed by atoms with Crippen LogP contribution in [0.3, 0.4) is 0 Å². The van der Waals surface area contributed by atoms with Crippen LogP contribution >= 0.6 is 0 Å². The lowest BCUT2D eigenvalue weighted by molar-refractivity contribution is -0.124. The van der Waals surface area contributed by atoms with Crippen LogP contribution in [0.5, 0.6) is 0 Å². The van der Waals surface area contributed by atoms with Gasteiger partial charge in [-0.25, -0.2) is 4.39 Å². The maximum absolute atomic E-state index is 13.2. The highest BCUT2D eigenvalue weighted by Crippen LogP contribution is 2.12. The van der Waals surface area contributed by atoms with Crippen LogP contribution in [-0.4, -0.2) is 60.9 Å². The van der Waals surface area contributed by atoms with Crippen LogP contribution in [0.2, 0.25) is 0 Å². The summed E-state index contributed by atoms with van der Waals surface area (Å²) in [5.41, 5.74) is 0.450. The van der Waals surface area contributed by atoms with Gasteiger partial charge in [0.05, 0.1) is 25.4 Å². The Morgan fingerprint density at radius 1 is 1.07 bits per heavy atom. The van der Waals surface area contributed by atoms with Crippen LogP contribution in [0, 0.1) is 5.82 Å². The molecule has 1 aromatic heterocycles. The first-order chi connectivity index (χ1) is 13.5. The molecular formula is C20H25FN4O3. The highest BCUT2D eigenvalue weighted by Gasteiger charge is 2.21. The molecule has 2 heterocycles. The van der Waals surface area contributed by atoms with Gasteiger partial charge in [0, 0.05) is 31.9 Å². The van der Waals surface area contributed by atoms with Crippen molar-refractivity contribution in [3.8, 4) is 0 Å². The lowest BCUT2D eigenvalue weighted by Gasteiger charge is -2.34. The third kappa shape index (κ3) is 5.90. The van der Waals surface area contributed by atoms with Gasteiger partial charge in [0.1, 0.15) is 11.6 Å². The first-order valence-electron chi connectivity index (χ1n) is 9.32. The zero-order chi connectivity index (χ0) is 19.9. The fraction of sp³-hybridized carbons (Fsp3) is 0.400. The molecule has 0 bridgehead atoms. The van der Waals surface area contributed by atoms with E-state index in [9.17, 15) is 14.0 Å². The molecule has 2 N–H and O–H groups in total. The molecule has 0 unspecified atom stereocenters. The van der Waals surface area contributed by atoms with Crippen molar-refractivity contribution in [2.45, 2.75) is 13.0 Å². The number of amides is 2. The minimum atomic E-state index is -0.383. The molecule has 0 saturated carbocycles. The average molecular weight is 388 g/mol. The zero-order valence-corrected chi connectivity index (χ0v) is 15.9. The summed E-state index contributed by atoms with van der Waals surface area (Å²) in [5.74, 6) is 0.110. The zero-order valence-electron chi connectivity index (χ0n) is 15.9. The van der Waals surface area contributed by atoms with E-state index in [0.717, 1.165) is 5.76 Å². The van der Waals surface area contributed by atoms with E-state index in [1.165, 1.54) is 12.1 Å². The number of anilines is 1. The summed E-state index contributed by atoms with van der Waals surface area (Å²) >= 11 is 0.